The Bertz CT molecular complexity index is 1420. The van der Waals surface area contributed by atoms with Crippen LogP contribution < -0.4 is 20.2 Å². The molecule has 0 spiro atoms. The van der Waals surface area contributed by atoms with Crippen molar-refractivity contribution < 1.29 is 19.1 Å². The maximum Gasteiger partial charge on any atom is 0.225 e. The van der Waals surface area contributed by atoms with Gasteiger partial charge in [-0.2, -0.15) is 0 Å². The van der Waals surface area contributed by atoms with Gasteiger partial charge in [-0.25, -0.2) is 4.57 Å². The summed E-state index contributed by atoms with van der Waals surface area (Å²) in [5.41, 5.74) is 4.70. The Morgan fingerprint density at radius 3 is 2.26 bits per heavy atom. The normalized spacial score (nSPS) is 17.0. The Morgan fingerprint density at radius 2 is 1.65 bits per heavy atom. The average Bonchev–Trinajstić information content (AvgIpc) is 3.00. The lowest BCUT2D eigenvalue weighted by molar-refractivity contribution is -0.671. The topological polar surface area (TPSA) is 76.1 Å². The number of carbonyl (C=O) groups excluding carboxylic acids is 2. The fraction of sp³-hybridized carbons (Fsp3) is 0.257. The van der Waals surface area contributed by atoms with E-state index in [1.807, 2.05) is 92.8 Å². The Labute approximate surface area is 263 Å². The van der Waals surface area contributed by atoms with Crippen LogP contribution in [0.1, 0.15) is 37.3 Å². The molecule has 3 rings (SSSR count). The van der Waals surface area contributed by atoms with E-state index < -0.39 is 5.54 Å². The average molecular weight is 615 g/mol. The number of carbonyl (C=O) groups is 2. The highest BCUT2D eigenvalue weighted by Crippen LogP contribution is 2.25. The van der Waals surface area contributed by atoms with Gasteiger partial charge in [0.15, 0.2) is 18.6 Å². The quantitative estimate of drug-likeness (QED) is 0.0869. The Balaban J connectivity index is 1.29. The van der Waals surface area contributed by atoms with E-state index in [9.17, 15) is 9.59 Å². The van der Waals surface area contributed by atoms with Crippen LogP contribution in [0.4, 0.5) is 5.69 Å². The van der Waals surface area contributed by atoms with Gasteiger partial charge in [0, 0.05) is 48.2 Å². The number of nitrogens with zero attached hydrogens (tertiary/aromatic N) is 1. The first-order valence-electron chi connectivity index (χ1n) is 14.3. The first-order valence-corrected chi connectivity index (χ1v) is 16.8. The van der Waals surface area contributed by atoms with Crippen molar-refractivity contribution in [1.82, 2.24) is 5.32 Å². The van der Waals surface area contributed by atoms with Crippen LogP contribution in [0.2, 0.25) is 0 Å². The zero-order chi connectivity index (χ0) is 30.9. The molecule has 0 fully saturated rings. The molecule has 8 heteroatoms. The summed E-state index contributed by atoms with van der Waals surface area (Å²) in [6.07, 6.45) is 25.6. The van der Waals surface area contributed by atoms with Gasteiger partial charge in [0.05, 0.1) is 5.54 Å². The van der Waals surface area contributed by atoms with Crippen LogP contribution >= 0.6 is 21.6 Å². The number of anilines is 1. The van der Waals surface area contributed by atoms with E-state index >= 15 is 0 Å². The van der Waals surface area contributed by atoms with Gasteiger partial charge in [-0.05, 0) is 47.8 Å². The zero-order valence-electron chi connectivity index (χ0n) is 25.2. The second kappa shape index (κ2) is 17.9. The van der Waals surface area contributed by atoms with Crippen LogP contribution in [0.15, 0.2) is 109 Å². The number of aromatic nitrogens is 1. The smallest absolute Gasteiger partial charge is 0.225 e. The van der Waals surface area contributed by atoms with Gasteiger partial charge < -0.3 is 10.6 Å². The number of aryl methyl sites for hydroxylation is 1. The predicted octanol–water partition coefficient (Wildman–Crippen LogP) is 4.99. The van der Waals surface area contributed by atoms with Crippen molar-refractivity contribution in [3.8, 4) is 0 Å². The molecule has 0 radical (unpaired) electrons. The van der Waals surface area contributed by atoms with Gasteiger partial charge in [0.25, 0.3) is 0 Å². The van der Waals surface area contributed by atoms with Crippen LogP contribution in [0.5, 0.6) is 0 Å². The number of nitrogens with one attached hydrogen (secondary N) is 3. The summed E-state index contributed by atoms with van der Waals surface area (Å²) in [6.45, 7) is 5.87. The molecule has 2 aromatic rings. The molecule has 0 saturated heterocycles. The largest absolute Gasteiger partial charge is 0.347 e. The van der Waals surface area contributed by atoms with Crippen molar-refractivity contribution in [2.24, 2.45) is 7.05 Å². The number of amides is 2. The first kappa shape index (κ1) is 33.6. The van der Waals surface area contributed by atoms with Gasteiger partial charge in [-0.15, -0.1) is 0 Å². The van der Waals surface area contributed by atoms with Gasteiger partial charge >= 0.3 is 0 Å². The molecule has 1 aromatic heterocycles. The van der Waals surface area contributed by atoms with Crippen molar-refractivity contribution in [1.29, 1.82) is 0 Å². The van der Waals surface area contributed by atoms with E-state index in [1.165, 1.54) is 0 Å². The molecule has 0 aliphatic heterocycles. The minimum Gasteiger partial charge on any atom is -0.347 e. The van der Waals surface area contributed by atoms with Crippen molar-refractivity contribution in [3.05, 3.63) is 120 Å². The molecule has 0 bridgehead atoms. The number of hydrogen-bond donors (Lipinski definition) is 3. The van der Waals surface area contributed by atoms with E-state index in [0.29, 0.717) is 24.3 Å². The van der Waals surface area contributed by atoms with Gasteiger partial charge in [-0.1, -0.05) is 88.9 Å². The van der Waals surface area contributed by atoms with Crippen LogP contribution in [-0.2, 0) is 16.6 Å². The van der Waals surface area contributed by atoms with E-state index in [1.54, 1.807) is 27.7 Å². The zero-order valence-corrected chi connectivity index (χ0v) is 26.8. The Hall–Kier alpha value is -3.88. The summed E-state index contributed by atoms with van der Waals surface area (Å²) in [4.78, 5) is 27.9. The lowest BCUT2D eigenvalue weighted by Gasteiger charge is -2.29. The molecule has 3 N–H and O–H groups in total. The molecule has 1 atom stereocenters. The second-order valence-electron chi connectivity index (χ2n) is 10.3. The molecule has 6 nitrogen and oxygen atoms in total. The maximum atomic E-state index is 12.5. The number of benzene rings is 1. The van der Waals surface area contributed by atoms with Crippen LogP contribution in [0.25, 0.3) is 12.2 Å². The summed E-state index contributed by atoms with van der Waals surface area (Å²) in [6, 6.07) is 11.9. The van der Waals surface area contributed by atoms with Gasteiger partial charge in [0.1, 0.15) is 14.1 Å². The standard InChI is InChI=1S/C35H40N4O2S2/c1-5-28(16-23-36-3)6-7-30-14-21-35(2,22-15-30)38-34(41)20-27-43-42-26-19-33(40)37-32-12-10-29(11-13-32)8-9-31-17-24-39(4)25-18-31/h5-18,21,23-25H,1,19-20,22,26-27H2,2-4H3,(H,38,41)/p+2/b7-6+,28-16+,36-23?. The van der Waals surface area contributed by atoms with Crippen molar-refractivity contribution in [3.63, 3.8) is 0 Å². The summed E-state index contributed by atoms with van der Waals surface area (Å²) in [5, 5.41) is 6.11. The maximum absolute atomic E-state index is 12.5. The summed E-state index contributed by atoms with van der Waals surface area (Å²) >= 11 is 0. The van der Waals surface area contributed by atoms with E-state index in [2.05, 4.69) is 58.6 Å². The third-order valence-corrected chi connectivity index (χ3v) is 8.96. The van der Waals surface area contributed by atoms with Crippen molar-refractivity contribution in [2.75, 3.05) is 23.9 Å². The molecular weight excluding hydrogens is 573 g/mol. The minimum absolute atomic E-state index is 0.0152. The molecule has 1 heterocycles. The van der Waals surface area contributed by atoms with Crippen molar-refractivity contribution in [2.45, 2.75) is 31.7 Å². The number of rotatable bonds is 15. The minimum atomic E-state index is -0.393. The predicted molar refractivity (Wildman–Crippen MR) is 185 cm³/mol. The van der Waals surface area contributed by atoms with Crippen LogP contribution in [-0.4, -0.2) is 42.1 Å². The molecule has 1 aliphatic rings. The summed E-state index contributed by atoms with van der Waals surface area (Å²) < 4.78 is 2.00. The Morgan fingerprint density at radius 1 is 1.00 bits per heavy atom. The highest BCUT2D eigenvalue weighted by Gasteiger charge is 2.24. The summed E-state index contributed by atoms with van der Waals surface area (Å²) in [5.74, 6) is 1.39. The molecule has 1 aliphatic carbocycles. The second-order valence-corrected chi connectivity index (χ2v) is 13.0. The van der Waals surface area contributed by atoms with E-state index in [4.69, 9.17) is 0 Å². The number of allylic oxidation sites excluding steroid dienone is 7. The highest BCUT2D eigenvalue weighted by atomic mass is 33.1. The number of hydrogen-bond acceptors (Lipinski definition) is 4. The fourth-order valence-corrected chi connectivity index (χ4v) is 5.99. The van der Waals surface area contributed by atoms with E-state index in [0.717, 1.165) is 34.4 Å². The fourth-order valence-electron chi connectivity index (χ4n) is 4.01. The summed E-state index contributed by atoms with van der Waals surface area (Å²) in [7, 11) is 7.09. The van der Waals surface area contributed by atoms with Gasteiger partial charge in [-0.3, -0.25) is 14.6 Å². The van der Waals surface area contributed by atoms with E-state index in [-0.39, 0.29) is 11.8 Å². The third kappa shape index (κ3) is 12.9. The first-order chi connectivity index (χ1) is 20.8. The molecule has 1 unspecified atom stereocenters. The highest BCUT2D eigenvalue weighted by molar-refractivity contribution is 8.76. The number of pyridine rings is 1. The third-order valence-electron chi connectivity index (χ3n) is 6.55. The molecule has 43 heavy (non-hydrogen) atoms. The molecule has 1 aromatic carbocycles. The van der Waals surface area contributed by atoms with Gasteiger partial charge in [0.2, 0.25) is 11.8 Å². The SMILES string of the molecule is C=CC(/C=C/C1=CCC(C)(NC(=O)CCSSCCC(=O)Nc2ccc(/C=C/c3cc[n+](C)cc3)cc2)C=C1)=C\C=[NH+]C. The molecule has 224 valence electrons. The van der Waals surface area contributed by atoms with Crippen LogP contribution in [0, 0.1) is 0 Å². The molecular formula is C35H42N4O2S2+2. The Kier molecular flexibility index (Phi) is 14.0. The van der Waals surface area contributed by atoms with Crippen LogP contribution in [0.3, 0.4) is 0 Å². The lowest BCUT2D eigenvalue weighted by atomic mass is 9.90. The monoisotopic (exact) mass is 614 g/mol. The van der Waals surface area contributed by atoms with Crippen molar-refractivity contribution >= 4 is 57.5 Å². The molecule has 2 amide bonds. The lowest BCUT2D eigenvalue weighted by Crippen LogP contribution is -2.62. The molecule has 0 saturated carbocycles.